The summed E-state index contributed by atoms with van der Waals surface area (Å²) in [4.78, 5) is 15.1. The van der Waals surface area contributed by atoms with Crippen LogP contribution >= 0.6 is 0 Å². The standard InChI is InChI=1S/C26H30N2O2/c1-20(30-25-13-12-23-10-3-4-11-24(23)17-25)26(29)27-18-21-8-7-9-22(16-21)19-28-14-5-2-6-15-28/h3-4,7-13,16-17,20H,2,5-6,14-15,18-19H2,1H3,(H,27,29)/t20-/m1/s1. The third kappa shape index (κ3) is 5.39. The Hall–Kier alpha value is -2.85. The van der Waals surface area contributed by atoms with Gasteiger partial charge in [-0.3, -0.25) is 9.69 Å². The molecule has 0 bridgehead atoms. The third-order valence-electron chi connectivity index (χ3n) is 5.72. The molecule has 1 N–H and O–H groups in total. The highest BCUT2D eigenvalue weighted by atomic mass is 16.5. The number of nitrogens with one attached hydrogen (secondary N) is 1. The number of fused-ring (bicyclic) bond motifs is 1. The molecular weight excluding hydrogens is 372 g/mol. The third-order valence-corrected chi connectivity index (χ3v) is 5.72. The Kier molecular flexibility index (Phi) is 6.65. The number of nitrogens with zero attached hydrogens (tertiary/aromatic N) is 1. The van der Waals surface area contributed by atoms with Crippen molar-refractivity contribution in [2.75, 3.05) is 13.1 Å². The van der Waals surface area contributed by atoms with Gasteiger partial charge in [0.2, 0.25) is 0 Å². The van der Waals surface area contributed by atoms with Crippen LogP contribution in [0.4, 0.5) is 0 Å². The first-order chi connectivity index (χ1) is 14.7. The summed E-state index contributed by atoms with van der Waals surface area (Å²) in [7, 11) is 0. The molecule has 3 aromatic rings. The van der Waals surface area contributed by atoms with E-state index in [0.717, 1.165) is 22.9 Å². The van der Waals surface area contributed by atoms with Gasteiger partial charge in [-0.25, -0.2) is 0 Å². The molecule has 1 saturated heterocycles. The van der Waals surface area contributed by atoms with Gasteiger partial charge < -0.3 is 10.1 Å². The van der Waals surface area contributed by atoms with Crippen LogP contribution in [0, 0.1) is 0 Å². The van der Waals surface area contributed by atoms with Crippen LogP contribution in [-0.4, -0.2) is 30.0 Å². The molecule has 0 spiro atoms. The fourth-order valence-electron chi connectivity index (χ4n) is 4.04. The number of rotatable bonds is 7. The Morgan fingerprint density at radius 2 is 1.70 bits per heavy atom. The minimum atomic E-state index is -0.553. The van der Waals surface area contributed by atoms with Crippen molar-refractivity contribution in [3.63, 3.8) is 0 Å². The van der Waals surface area contributed by atoms with E-state index in [-0.39, 0.29) is 5.91 Å². The zero-order valence-electron chi connectivity index (χ0n) is 17.6. The molecule has 4 rings (SSSR count). The number of carbonyl (C=O) groups is 1. The zero-order valence-corrected chi connectivity index (χ0v) is 17.6. The zero-order chi connectivity index (χ0) is 20.8. The Labute approximate surface area is 178 Å². The lowest BCUT2D eigenvalue weighted by Gasteiger charge is -2.26. The molecule has 4 nitrogen and oxygen atoms in total. The number of likely N-dealkylation sites (tertiary alicyclic amines) is 1. The Morgan fingerprint density at radius 1 is 0.933 bits per heavy atom. The first kappa shape index (κ1) is 20.4. The minimum Gasteiger partial charge on any atom is -0.481 e. The average Bonchev–Trinajstić information content (AvgIpc) is 2.78. The molecule has 30 heavy (non-hydrogen) atoms. The highest BCUT2D eigenvalue weighted by Gasteiger charge is 2.15. The lowest BCUT2D eigenvalue weighted by Crippen LogP contribution is -2.36. The van der Waals surface area contributed by atoms with Crippen molar-refractivity contribution < 1.29 is 9.53 Å². The smallest absolute Gasteiger partial charge is 0.261 e. The number of piperidine rings is 1. The van der Waals surface area contributed by atoms with Crippen LogP contribution in [0.25, 0.3) is 10.8 Å². The predicted octanol–water partition coefficient (Wildman–Crippen LogP) is 4.91. The molecule has 156 valence electrons. The topological polar surface area (TPSA) is 41.6 Å². The maximum atomic E-state index is 12.5. The maximum Gasteiger partial charge on any atom is 0.261 e. The van der Waals surface area contributed by atoms with Crippen LogP contribution in [0.15, 0.2) is 66.7 Å². The molecule has 1 fully saturated rings. The highest BCUT2D eigenvalue weighted by Crippen LogP contribution is 2.21. The van der Waals surface area contributed by atoms with Crippen LogP contribution in [0.2, 0.25) is 0 Å². The van der Waals surface area contributed by atoms with E-state index in [4.69, 9.17) is 4.74 Å². The SMILES string of the molecule is C[C@@H](Oc1ccc2ccccc2c1)C(=O)NCc1cccc(CN2CCCCC2)c1. The van der Waals surface area contributed by atoms with Gasteiger partial charge in [0.05, 0.1) is 0 Å². The molecule has 4 heteroatoms. The lowest BCUT2D eigenvalue weighted by atomic mass is 10.1. The molecule has 3 aromatic carbocycles. The summed E-state index contributed by atoms with van der Waals surface area (Å²) in [5, 5.41) is 5.27. The van der Waals surface area contributed by atoms with Gasteiger partial charge in [0.15, 0.2) is 6.10 Å². The molecule has 1 atom stereocenters. The maximum absolute atomic E-state index is 12.5. The van der Waals surface area contributed by atoms with Crippen LogP contribution in [0.3, 0.4) is 0 Å². The van der Waals surface area contributed by atoms with Crippen molar-refractivity contribution >= 4 is 16.7 Å². The number of hydrogen-bond donors (Lipinski definition) is 1. The molecule has 1 aliphatic heterocycles. The lowest BCUT2D eigenvalue weighted by molar-refractivity contribution is -0.127. The molecule has 0 radical (unpaired) electrons. The summed E-state index contributed by atoms with van der Waals surface area (Å²) in [5.74, 6) is 0.601. The Balaban J connectivity index is 1.30. The fourth-order valence-corrected chi connectivity index (χ4v) is 4.04. The van der Waals surface area contributed by atoms with Gasteiger partial charge in [0.25, 0.3) is 5.91 Å². The second-order valence-corrected chi connectivity index (χ2v) is 8.14. The molecule has 0 aromatic heterocycles. The van der Waals surface area contributed by atoms with Crippen LogP contribution in [0.5, 0.6) is 5.75 Å². The average molecular weight is 403 g/mol. The second kappa shape index (κ2) is 9.77. The van der Waals surface area contributed by atoms with Crippen LogP contribution in [0.1, 0.15) is 37.3 Å². The van der Waals surface area contributed by atoms with Gasteiger partial charge in [-0.05, 0) is 66.9 Å². The van der Waals surface area contributed by atoms with Crippen molar-refractivity contribution in [3.8, 4) is 5.75 Å². The minimum absolute atomic E-state index is 0.107. The molecular formula is C26H30N2O2. The predicted molar refractivity (Wildman–Crippen MR) is 121 cm³/mol. The number of benzene rings is 3. The Morgan fingerprint density at radius 3 is 2.53 bits per heavy atom. The van der Waals surface area contributed by atoms with E-state index in [9.17, 15) is 4.79 Å². The monoisotopic (exact) mass is 402 g/mol. The van der Waals surface area contributed by atoms with E-state index < -0.39 is 6.10 Å². The summed E-state index contributed by atoms with van der Waals surface area (Å²) in [6.45, 7) is 5.66. The first-order valence-electron chi connectivity index (χ1n) is 10.9. The van der Waals surface area contributed by atoms with Gasteiger partial charge in [0, 0.05) is 13.1 Å². The van der Waals surface area contributed by atoms with E-state index in [1.54, 1.807) is 6.92 Å². The molecule has 0 saturated carbocycles. The molecule has 0 unspecified atom stereocenters. The van der Waals surface area contributed by atoms with Crippen LogP contribution < -0.4 is 10.1 Å². The molecule has 1 heterocycles. The summed E-state index contributed by atoms with van der Waals surface area (Å²) in [5.41, 5.74) is 2.43. The summed E-state index contributed by atoms with van der Waals surface area (Å²) < 4.78 is 5.88. The number of ether oxygens (including phenoxy) is 1. The summed E-state index contributed by atoms with van der Waals surface area (Å²) in [6, 6.07) is 22.5. The van der Waals surface area contributed by atoms with E-state index in [1.165, 1.54) is 37.9 Å². The molecule has 1 amide bonds. The van der Waals surface area contributed by atoms with Crippen molar-refractivity contribution in [2.45, 2.75) is 45.4 Å². The van der Waals surface area contributed by atoms with E-state index >= 15 is 0 Å². The fraction of sp³-hybridized carbons (Fsp3) is 0.346. The van der Waals surface area contributed by atoms with Gasteiger partial charge in [-0.2, -0.15) is 0 Å². The van der Waals surface area contributed by atoms with Gasteiger partial charge in [-0.15, -0.1) is 0 Å². The molecule has 1 aliphatic rings. The summed E-state index contributed by atoms with van der Waals surface area (Å²) in [6.07, 6.45) is 3.39. The van der Waals surface area contributed by atoms with Gasteiger partial charge in [-0.1, -0.05) is 61.0 Å². The van der Waals surface area contributed by atoms with Crippen molar-refractivity contribution in [1.29, 1.82) is 0 Å². The second-order valence-electron chi connectivity index (χ2n) is 8.14. The van der Waals surface area contributed by atoms with Crippen molar-refractivity contribution in [2.24, 2.45) is 0 Å². The summed E-state index contributed by atoms with van der Waals surface area (Å²) >= 11 is 0. The highest BCUT2D eigenvalue weighted by molar-refractivity contribution is 5.84. The Bertz CT molecular complexity index is 995. The number of amides is 1. The molecule has 0 aliphatic carbocycles. The normalized spacial score (nSPS) is 15.6. The quantitative estimate of drug-likeness (QED) is 0.611. The van der Waals surface area contributed by atoms with Gasteiger partial charge in [0.1, 0.15) is 5.75 Å². The number of hydrogen-bond acceptors (Lipinski definition) is 3. The largest absolute Gasteiger partial charge is 0.481 e. The van der Waals surface area contributed by atoms with E-state index in [1.807, 2.05) is 36.4 Å². The van der Waals surface area contributed by atoms with Gasteiger partial charge >= 0.3 is 0 Å². The van der Waals surface area contributed by atoms with Crippen LogP contribution in [-0.2, 0) is 17.9 Å². The number of carbonyl (C=O) groups excluding carboxylic acids is 1. The van der Waals surface area contributed by atoms with E-state index in [2.05, 4.69) is 40.5 Å². The van der Waals surface area contributed by atoms with Crippen molar-refractivity contribution in [1.82, 2.24) is 10.2 Å². The first-order valence-corrected chi connectivity index (χ1v) is 10.9. The van der Waals surface area contributed by atoms with Crippen molar-refractivity contribution in [3.05, 3.63) is 77.9 Å². The van der Waals surface area contributed by atoms with E-state index in [0.29, 0.717) is 12.3 Å².